The van der Waals surface area contributed by atoms with E-state index in [2.05, 4.69) is 22.3 Å². The molecule has 1 saturated carbocycles. The molecular formula is C23H26N2OS. The van der Waals surface area contributed by atoms with Crippen LogP contribution < -0.4 is 5.32 Å². The second-order valence-electron chi connectivity index (χ2n) is 7.20. The molecule has 27 heavy (non-hydrogen) atoms. The molecule has 0 atom stereocenters. The molecule has 0 unspecified atom stereocenters. The molecule has 1 amide bonds. The summed E-state index contributed by atoms with van der Waals surface area (Å²) < 4.78 is 0. The summed E-state index contributed by atoms with van der Waals surface area (Å²) in [5, 5.41) is 3.37. The number of nitrogens with zero attached hydrogens (tertiary/aromatic N) is 1. The third-order valence-corrected chi connectivity index (χ3v) is 5.30. The van der Waals surface area contributed by atoms with Gasteiger partial charge in [0.2, 0.25) is 5.91 Å². The van der Waals surface area contributed by atoms with Crippen LogP contribution in [-0.4, -0.2) is 22.5 Å². The number of amides is 1. The fourth-order valence-corrected chi connectivity index (χ4v) is 3.33. The lowest BCUT2D eigenvalue weighted by atomic mass is 9.85. The number of hydrogen-bond acceptors (Lipinski definition) is 2. The number of benzene rings is 2. The fourth-order valence-electron chi connectivity index (χ4n) is 3.09. The maximum absolute atomic E-state index is 12.3. The van der Waals surface area contributed by atoms with Crippen LogP contribution in [0.2, 0.25) is 0 Å². The van der Waals surface area contributed by atoms with E-state index in [-0.39, 0.29) is 5.91 Å². The fraction of sp³-hybridized carbons (Fsp3) is 0.304. The van der Waals surface area contributed by atoms with Crippen LogP contribution >= 0.6 is 12.2 Å². The van der Waals surface area contributed by atoms with Crippen molar-refractivity contribution in [2.45, 2.75) is 32.7 Å². The number of carbonyl (C=O) groups excluding carboxylic acids is 1. The molecule has 1 aliphatic rings. The predicted molar refractivity (Wildman–Crippen MR) is 115 cm³/mol. The van der Waals surface area contributed by atoms with E-state index >= 15 is 0 Å². The first-order valence-corrected chi connectivity index (χ1v) is 9.89. The second kappa shape index (κ2) is 9.47. The molecule has 2 aromatic carbocycles. The molecule has 1 N–H and O–H groups in total. The molecule has 3 nitrogen and oxygen atoms in total. The smallest absolute Gasteiger partial charge is 0.250 e. The maximum atomic E-state index is 12.3. The molecule has 140 valence electrons. The van der Waals surface area contributed by atoms with Gasteiger partial charge >= 0.3 is 0 Å². The standard InChI is InChI=1S/C23H26N2OS/c1-18-10-12-19(13-11-18)14-15-22(26)24-23(27)25(17-21-8-5-9-21)16-20-6-3-2-4-7-20/h2-4,6-7,10-15,21H,5,8-9,16-17H2,1H3,(H,24,26,27)/b15-14+. The Morgan fingerprint density at radius 2 is 1.85 bits per heavy atom. The van der Waals surface area contributed by atoms with Crippen LogP contribution in [0, 0.1) is 12.8 Å². The summed E-state index contributed by atoms with van der Waals surface area (Å²) in [5.41, 5.74) is 3.39. The third-order valence-electron chi connectivity index (χ3n) is 4.94. The van der Waals surface area contributed by atoms with Gasteiger partial charge < -0.3 is 4.90 Å². The van der Waals surface area contributed by atoms with Crippen molar-refractivity contribution in [1.82, 2.24) is 10.2 Å². The Morgan fingerprint density at radius 3 is 2.48 bits per heavy atom. The monoisotopic (exact) mass is 378 g/mol. The highest BCUT2D eigenvalue weighted by molar-refractivity contribution is 7.80. The van der Waals surface area contributed by atoms with Crippen molar-refractivity contribution in [3.05, 3.63) is 77.4 Å². The van der Waals surface area contributed by atoms with Crippen molar-refractivity contribution in [2.75, 3.05) is 6.54 Å². The normalized spacial score (nSPS) is 14.0. The van der Waals surface area contributed by atoms with Crippen molar-refractivity contribution in [2.24, 2.45) is 5.92 Å². The van der Waals surface area contributed by atoms with Crippen LogP contribution in [0.1, 0.15) is 36.0 Å². The lowest BCUT2D eigenvalue weighted by Crippen LogP contribution is -2.44. The molecule has 0 aliphatic heterocycles. The van der Waals surface area contributed by atoms with Gasteiger partial charge in [0.1, 0.15) is 0 Å². The number of aryl methyl sites for hydroxylation is 1. The van der Waals surface area contributed by atoms with Crippen LogP contribution in [0.4, 0.5) is 0 Å². The first-order chi connectivity index (χ1) is 13.1. The largest absolute Gasteiger partial charge is 0.344 e. The molecule has 0 radical (unpaired) electrons. The van der Waals surface area contributed by atoms with E-state index in [1.165, 1.54) is 30.4 Å². The summed E-state index contributed by atoms with van der Waals surface area (Å²) in [7, 11) is 0. The highest BCUT2D eigenvalue weighted by Gasteiger charge is 2.22. The SMILES string of the molecule is Cc1ccc(/C=C/C(=O)NC(=S)N(Cc2ccccc2)CC2CCC2)cc1. The van der Waals surface area contributed by atoms with Crippen molar-refractivity contribution >= 4 is 29.3 Å². The zero-order valence-electron chi connectivity index (χ0n) is 15.7. The van der Waals surface area contributed by atoms with Crippen LogP contribution in [0.25, 0.3) is 6.08 Å². The van der Waals surface area contributed by atoms with E-state index in [9.17, 15) is 4.79 Å². The van der Waals surface area contributed by atoms with E-state index in [1.54, 1.807) is 6.08 Å². The van der Waals surface area contributed by atoms with E-state index in [0.717, 1.165) is 18.7 Å². The van der Waals surface area contributed by atoms with Gasteiger partial charge in [-0.05, 0) is 55.1 Å². The minimum Gasteiger partial charge on any atom is -0.344 e. The van der Waals surface area contributed by atoms with Gasteiger partial charge in [-0.25, -0.2) is 0 Å². The van der Waals surface area contributed by atoms with Gasteiger partial charge in [-0.2, -0.15) is 0 Å². The zero-order chi connectivity index (χ0) is 19.1. The number of hydrogen-bond donors (Lipinski definition) is 1. The topological polar surface area (TPSA) is 32.3 Å². The molecule has 0 spiro atoms. The minimum atomic E-state index is -0.188. The molecule has 3 rings (SSSR count). The third kappa shape index (κ3) is 6.04. The van der Waals surface area contributed by atoms with Crippen molar-refractivity contribution in [3.63, 3.8) is 0 Å². The van der Waals surface area contributed by atoms with Crippen LogP contribution in [0.5, 0.6) is 0 Å². The second-order valence-corrected chi connectivity index (χ2v) is 7.59. The van der Waals surface area contributed by atoms with Gasteiger partial charge in [0.05, 0.1) is 0 Å². The highest BCUT2D eigenvalue weighted by atomic mass is 32.1. The Kier molecular flexibility index (Phi) is 6.77. The van der Waals surface area contributed by atoms with Gasteiger partial charge in [-0.3, -0.25) is 10.1 Å². The van der Waals surface area contributed by atoms with E-state index in [0.29, 0.717) is 11.0 Å². The summed E-state index contributed by atoms with van der Waals surface area (Å²) in [5.74, 6) is 0.485. The van der Waals surface area contributed by atoms with Crippen molar-refractivity contribution < 1.29 is 4.79 Å². The van der Waals surface area contributed by atoms with E-state index in [4.69, 9.17) is 12.2 Å². The Labute approximate surface area is 167 Å². The summed E-state index contributed by atoms with van der Waals surface area (Å²) in [6.07, 6.45) is 7.14. The highest BCUT2D eigenvalue weighted by Crippen LogP contribution is 2.27. The molecule has 2 aromatic rings. The maximum Gasteiger partial charge on any atom is 0.250 e. The van der Waals surface area contributed by atoms with Gasteiger partial charge in [-0.1, -0.05) is 66.6 Å². The van der Waals surface area contributed by atoms with Gasteiger partial charge in [0.25, 0.3) is 0 Å². The molecule has 0 heterocycles. The minimum absolute atomic E-state index is 0.188. The Balaban J connectivity index is 1.60. The van der Waals surface area contributed by atoms with Gasteiger partial charge in [0, 0.05) is 19.2 Å². The lowest BCUT2D eigenvalue weighted by Gasteiger charge is -2.33. The summed E-state index contributed by atoms with van der Waals surface area (Å²) in [6.45, 7) is 3.66. The van der Waals surface area contributed by atoms with Gasteiger partial charge in [0.15, 0.2) is 5.11 Å². The predicted octanol–water partition coefficient (Wildman–Crippen LogP) is 4.71. The molecule has 4 heteroatoms. The Hall–Kier alpha value is -2.46. The number of nitrogens with one attached hydrogen (secondary N) is 1. The Bertz CT molecular complexity index is 795. The Morgan fingerprint density at radius 1 is 1.15 bits per heavy atom. The number of thiocarbonyl (C=S) groups is 1. The molecule has 1 fully saturated rings. The van der Waals surface area contributed by atoms with Crippen LogP contribution in [-0.2, 0) is 11.3 Å². The molecule has 0 aromatic heterocycles. The first-order valence-electron chi connectivity index (χ1n) is 9.49. The van der Waals surface area contributed by atoms with Crippen molar-refractivity contribution in [1.29, 1.82) is 0 Å². The zero-order valence-corrected chi connectivity index (χ0v) is 16.5. The van der Waals surface area contributed by atoms with Crippen molar-refractivity contribution in [3.8, 4) is 0 Å². The summed E-state index contributed by atoms with van der Waals surface area (Å²) >= 11 is 5.55. The molecule has 1 aliphatic carbocycles. The van der Waals surface area contributed by atoms with E-state index in [1.807, 2.05) is 55.5 Å². The summed E-state index contributed by atoms with van der Waals surface area (Å²) in [4.78, 5) is 14.4. The average molecular weight is 379 g/mol. The number of carbonyl (C=O) groups is 1. The first kappa shape index (κ1) is 19.3. The molecule has 0 bridgehead atoms. The van der Waals surface area contributed by atoms with E-state index < -0.39 is 0 Å². The molecule has 0 saturated heterocycles. The number of rotatable bonds is 6. The quantitative estimate of drug-likeness (QED) is 0.583. The van der Waals surface area contributed by atoms with Crippen LogP contribution in [0.3, 0.4) is 0 Å². The summed E-state index contributed by atoms with van der Waals surface area (Å²) in [6, 6.07) is 18.3. The average Bonchev–Trinajstić information content (AvgIpc) is 2.64. The van der Waals surface area contributed by atoms with Crippen LogP contribution in [0.15, 0.2) is 60.7 Å². The van der Waals surface area contributed by atoms with Gasteiger partial charge in [-0.15, -0.1) is 0 Å². The lowest BCUT2D eigenvalue weighted by molar-refractivity contribution is -0.115. The molecular weight excluding hydrogens is 352 g/mol.